The maximum absolute atomic E-state index is 12.7. The SMILES string of the molecule is Cc1ccc(C)c2c(=O)c3c([nH]c12)-c1cccn1C3=O. The number of hydrogen-bond donors (Lipinski definition) is 1. The van der Waals surface area contributed by atoms with E-state index in [1.54, 1.807) is 6.20 Å². The van der Waals surface area contributed by atoms with E-state index in [1.165, 1.54) is 4.57 Å². The van der Waals surface area contributed by atoms with Gasteiger partial charge in [-0.2, -0.15) is 0 Å². The van der Waals surface area contributed by atoms with Crippen LogP contribution in [0.25, 0.3) is 22.3 Å². The van der Waals surface area contributed by atoms with E-state index in [0.717, 1.165) is 22.3 Å². The molecule has 2 aromatic heterocycles. The molecule has 0 radical (unpaired) electrons. The molecule has 1 aliphatic heterocycles. The van der Waals surface area contributed by atoms with Gasteiger partial charge in [0.25, 0.3) is 5.91 Å². The van der Waals surface area contributed by atoms with Crippen LogP contribution in [-0.4, -0.2) is 15.5 Å². The van der Waals surface area contributed by atoms with Crippen molar-refractivity contribution in [1.82, 2.24) is 9.55 Å². The molecule has 0 bridgehead atoms. The van der Waals surface area contributed by atoms with Gasteiger partial charge in [-0.05, 0) is 37.1 Å². The number of H-pyrrole nitrogens is 1. The monoisotopic (exact) mass is 264 g/mol. The van der Waals surface area contributed by atoms with Crippen LogP contribution in [0, 0.1) is 13.8 Å². The minimum atomic E-state index is -0.246. The Bertz CT molecular complexity index is 961. The van der Waals surface area contributed by atoms with E-state index in [1.807, 2.05) is 38.1 Å². The van der Waals surface area contributed by atoms with Crippen LogP contribution in [0.2, 0.25) is 0 Å². The van der Waals surface area contributed by atoms with Crippen molar-refractivity contribution in [3.05, 3.63) is 57.4 Å². The molecule has 1 aromatic carbocycles. The summed E-state index contributed by atoms with van der Waals surface area (Å²) in [5.74, 6) is -0.246. The summed E-state index contributed by atoms with van der Waals surface area (Å²) in [6, 6.07) is 7.55. The molecule has 0 atom stereocenters. The number of nitrogens with one attached hydrogen (secondary N) is 1. The highest BCUT2D eigenvalue weighted by atomic mass is 16.2. The van der Waals surface area contributed by atoms with Crippen molar-refractivity contribution in [1.29, 1.82) is 0 Å². The fraction of sp³-hybridized carbons (Fsp3) is 0.125. The summed E-state index contributed by atoms with van der Waals surface area (Å²) >= 11 is 0. The molecule has 3 heterocycles. The first kappa shape index (κ1) is 11.2. The van der Waals surface area contributed by atoms with Gasteiger partial charge in [-0.25, -0.2) is 0 Å². The van der Waals surface area contributed by atoms with Crippen LogP contribution in [0.15, 0.2) is 35.3 Å². The molecule has 3 aromatic rings. The van der Waals surface area contributed by atoms with Crippen LogP contribution in [-0.2, 0) is 0 Å². The summed E-state index contributed by atoms with van der Waals surface area (Å²) in [4.78, 5) is 28.4. The maximum Gasteiger partial charge on any atom is 0.268 e. The van der Waals surface area contributed by atoms with Gasteiger partial charge in [-0.3, -0.25) is 14.2 Å². The van der Waals surface area contributed by atoms with E-state index >= 15 is 0 Å². The first-order chi connectivity index (χ1) is 9.59. The van der Waals surface area contributed by atoms with Gasteiger partial charge in [0.2, 0.25) is 5.43 Å². The third kappa shape index (κ3) is 1.16. The van der Waals surface area contributed by atoms with E-state index in [0.29, 0.717) is 11.1 Å². The predicted molar refractivity (Wildman–Crippen MR) is 77.2 cm³/mol. The Hall–Kier alpha value is -2.62. The number of aromatic nitrogens is 2. The number of aromatic amines is 1. The number of rotatable bonds is 0. The fourth-order valence-electron chi connectivity index (χ4n) is 2.97. The van der Waals surface area contributed by atoms with Crippen LogP contribution >= 0.6 is 0 Å². The zero-order chi connectivity index (χ0) is 14.0. The summed E-state index contributed by atoms with van der Waals surface area (Å²) in [5, 5.41) is 0.614. The summed E-state index contributed by atoms with van der Waals surface area (Å²) in [6.07, 6.45) is 1.69. The molecule has 0 unspecified atom stereocenters. The lowest BCUT2D eigenvalue weighted by Crippen LogP contribution is -2.18. The van der Waals surface area contributed by atoms with Crippen LogP contribution in [0.3, 0.4) is 0 Å². The second-order valence-corrected chi connectivity index (χ2v) is 5.22. The van der Waals surface area contributed by atoms with Gasteiger partial charge in [0.05, 0.1) is 16.9 Å². The number of aryl methyl sites for hydroxylation is 2. The molecule has 4 nitrogen and oxygen atoms in total. The van der Waals surface area contributed by atoms with Crippen LogP contribution in [0.4, 0.5) is 0 Å². The van der Waals surface area contributed by atoms with E-state index < -0.39 is 0 Å². The minimum absolute atomic E-state index is 0.177. The van der Waals surface area contributed by atoms with Crippen molar-refractivity contribution in [2.45, 2.75) is 13.8 Å². The van der Waals surface area contributed by atoms with Gasteiger partial charge >= 0.3 is 0 Å². The highest BCUT2D eigenvalue weighted by Crippen LogP contribution is 2.31. The topological polar surface area (TPSA) is 54.9 Å². The number of benzene rings is 1. The first-order valence-electron chi connectivity index (χ1n) is 6.48. The number of carbonyl (C=O) groups excluding carboxylic acids is 1. The molecule has 4 rings (SSSR count). The average molecular weight is 264 g/mol. The fourth-order valence-corrected chi connectivity index (χ4v) is 2.97. The molecule has 0 amide bonds. The molecule has 0 saturated carbocycles. The number of hydrogen-bond acceptors (Lipinski definition) is 2. The molecular formula is C16H12N2O2. The van der Waals surface area contributed by atoms with E-state index in [9.17, 15) is 9.59 Å². The molecule has 0 saturated heterocycles. The van der Waals surface area contributed by atoms with Crippen LogP contribution < -0.4 is 5.43 Å². The Labute approximate surface area is 114 Å². The van der Waals surface area contributed by atoms with Gasteiger partial charge in [0.1, 0.15) is 5.56 Å². The van der Waals surface area contributed by atoms with Crippen LogP contribution in [0.5, 0.6) is 0 Å². The number of nitrogens with zero attached hydrogens (tertiary/aromatic N) is 1. The highest BCUT2D eigenvalue weighted by molar-refractivity contribution is 6.10. The normalized spacial score (nSPS) is 12.8. The van der Waals surface area contributed by atoms with Gasteiger partial charge in [0, 0.05) is 11.6 Å². The van der Waals surface area contributed by atoms with Crippen molar-refractivity contribution in [2.75, 3.05) is 0 Å². The van der Waals surface area contributed by atoms with Crippen molar-refractivity contribution in [3.8, 4) is 11.4 Å². The van der Waals surface area contributed by atoms with E-state index in [4.69, 9.17) is 0 Å². The number of fused-ring (bicyclic) bond motifs is 4. The molecule has 20 heavy (non-hydrogen) atoms. The third-order valence-electron chi connectivity index (χ3n) is 4.01. The lowest BCUT2D eigenvalue weighted by Gasteiger charge is -2.07. The third-order valence-corrected chi connectivity index (χ3v) is 4.01. The first-order valence-corrected chi connectivity index (χ1v) is 6.48. The van der Waals surface area contributed by atoms with Gasteiger partial charge < -0.3 is 4.98 Å². The largest absolute Gasteiger partial charge is 0.352 e. The number of carbonyl (C=O) groups is 1. The number of pyridine rings is 1. The van der Waals surface area contributed by atoms with E-state index in [-0.39, 0.29) is 16.9 Å². The lowest BCUT2D eigenvalue weighted by atomic mass is 10.0. The average Bonchev–Trinajstić information content (AvgIpc) is 2.98. The molecule has 98 valence electrons. The molecule has 1 N–H and O–H groups in total. The molecule has 4 heteroatoms. The molecule has 1 aliphatic rings. The maximum atomic E-state index is 12.7. The second-order valence-electron chi connectivity index (χ2n) is 5.22. The lowest BCUT2D eigenvalue weighted by molar-refractivity contribution is 0.0968. The Morgan fingerprint density at radius 2 is 1.80 bits per heavy atom. The summed E-state index contributed by atoms with van der Waals surface area (Å²) in [6.45, 7) is 3.85. The molecule has 0 fully saturated rings. The Morgan fingerprint density at radius 3 is 2.60 bits per heavy atom. The van der Waals surface area contributed by atoms with Crippen LogP contribution in [0.1, 0.15) is 21.5 Å². The highest BCUT2D eigenvalue weighted by Gasteiger charge is 2.30. The zero-order valence-corrected chi connectivity index (χ0v) is 11.2. The van der Waals surface area contributed by atoms with Gasteiger partial charge in [0.15, 0.2) is 0 Å². The van der Waals surface area contributed by atoms with Crippen molar-refractivity contribution in [3.63, 3.8) is 0 Å². The Kier molecular flexibility index (Phi) is 1.95. The quantitative estimate of drug-likeness (QED) is 0.531. The second kappa shape index (κ2) is 3.48. The van der Waals surface area contributed by atoms with Crippen molar-refractivity contribution >= 4 is 16.8 Å². The molecule has 0 spiro atoms. The Morgan fingerprint density at radius 1 is 1.05 bits per heavy atom. The molecular weight excluding hydrogens is 252 g/mol. The standard InChI is InChI=1S/C16H12N2O2/c1-8-5-6-9(2)13-11(8)15(19)12-14(17-13)10-4-3-7-18(10)16(12)20/h3-7H,1-2H3,(H,17,19). The predicted octanol–water partition coefficient (Wildman–Crippen LogP) is 2.62. The van der Waals surface area contributed by atoms with Crippen molar-refractivity contribution in [2.24, 2.45) is 0 Å². The van der Waals surface area contributed by atoms with E-state index in [2.05, 4.69) is 4.98 Å². The van der Waals surface area contributed by atoms with Gasteiger partial charge in [-0.15, -0.1) is 0 Å². The minimum Gasteiger partial charge on any atom is -0.352 e. The zero-order valence-electron chi connectivity index (χ0n) is 11.2. The van der Waals surface area contributed by atoms with Crippen molar-refractivity contribution < 1.29 is 4.79 Å². The van der Waals surface area contributed by atoms with Gasteiger partial charge in [-0.1, -0.05) is 12.1 Å². The molecule has 0 aliphatic carbocycles. The summed E-state index contributed by atoms with van der Waals surface area (Å²) in [7, 11) is 0. The Balaban J connectivity index is 2.27. The smallest absolute Gasteiger partial charge is 0.268 e. The summed E-state index contributed by atoms with van der Waals surface area (Å²) in [5.41, 5.74) is 4.17. The summed E-state index contributed by atoms with van der Waals surface area (Å²) < 4.78 is 1.52.